The van der Waals surface area contributed by atoms with Crippen LogP contribution in [-0.4, -0.2) is 60.0 Å². The molecule has 1 heterocycles. The van der Waals surface area contributed by atoms with E-state index in [0.29, 0.717) is 39.1 Å². The van der Waals surface area contributed by atoms with Crippen molar-refractivity contribution in [1.29, 1.82) is 0 Å². The van der Waals surface area contributed by atoms with Gasteiger partial charge in [0.15, 0.2) is 0 Å². The standard InChI is InChI=1S/C23H35N3O4/c1-5-18(4)26(23(29)24-20-10-8-7-9-17(20)3)16-13-21(27)25-14-11-19(12-15-25)22(28)30-6-2/h7-10,18-19H,5-6,11-16H2,1-4H3,(H,24,29). The highest BCUT2D eigenvalue weighted by atomic mass is 16.5. The molecule has 7 nitrogen and oxygen atoms in total. The van der Waals surface area contributed by atoms with Gasteiger partial charge in [0, 0.05) is 37.8 Å². The van der Waals surface area contributed by atoms with Crippen molar-refractivity contribution in [1.82, 2.24) is 9.80 Å². The summed E-state index contributed by atoms with van der Waals surface area (Å²) in [6.07, 6.45) is 2.34. The van der Waals surface area contributed by atoms with Gasteiger partial charge in [-0.3, -0.25) is 9.59 Å². The van der Waals surface area contributed by atoms with E-state index in [1.54, 1.807) is 16.7 Å². The molecule has 1 aromatic carbocycles. The van der Waals surface area contributed by atoms with Crippen LogP contribution < -0.4 is 5.32 Å². The molecule has 1 saturated heterocycles. The van der Waals surface area contributed by atoms with Gasteiger partial charge in [0.05, 0.1) is 12.5 Å². The largest absolute Gasteiger partial charge is 0.466 e. The monoisotopic (exact) mass is 417 g/mol. The molecular weight excluding hydrogens is 382 g/mol. The van der Waals surface area contributed by atoms with E-state index in [0.717, 1.165) is 17.7 Å². The number of nitrogens with one attached hydrogen (secondary N) is 1. The van der Waals surface area contributed by atoms with Gasteiger partial charge in [-0.2, -0.15) is 0 Å². The van der Waals surface area contributed by atoms with E-state index < -0.39 is 0 Å². The maximum atomic E-state index is 12.9. The van der Waals surface area contributed by atoms with Crippen molar-refractivity contribution >= 4 is 23.6 Å². The third-order valence-corrected chi connectivity index (χ3v) is 5.80. The molecule has 1 atom stereocenters. The van der Waals surface area contributed by atoms with Gasteiger partial charge in [0.1, 0.15) is 0 Å². The van der Waals surface area contributed by atoms with Gasteiger partial charge in [0.25, 0.3) is 0 Å². The second-order valence-electron chi connectivity index (χ2n) is 7.85. The lowest BCUT2D eigenvalue weighted by molar-refractivity contribution is -0.151. The minimum atomic E-state index is -0.188. The summed E-state index contributed by atoms with van der Waals surface area (Å²) in [4.78, 5) is 41.0. The highest BCUT2D eigenvalue weighted by Gasteiger charge is 2.29. The van der Waals surface area contributed by atoms with Crippen LogP contribution in [0.25, 0.3) is 0 Å². The maximum Gasteiger partial charge on any atom is 0.322 e. The van der Waals surface area contributed by atoms with Crippen LogP contribution in [0.5, 0.6) is 0 Å². The summed E-state index contributed by atoms with van der Waals surface area (Å²) in [5, 5.41) is 2.97. The van der Waals surface area contributed by atoms with Gasteiger partial charge >= 0.3 is 12.0 Å². The Morgan fingerprint density at radius 1 is 1.20 bits per heavy atom. The summed E-state index contributed by atoms with van der Waals surface area (Å²) < 4.78 is 5.08. The Balaban J connectivity index is 1.90. The number of ether oxygens (including phenoxy) is 1. The quantitative estimate of drug-likeness (QED) is 0.652. The molecule has 1 unspecified atom stereocenters. The molecule has 30 heavy (non-hydrogen) atoms. The zero-order valence-corrected chi connectivity index (χ0v) is 18.6. The van der Waals surface area contributed by atoms with E-state index in [2.05, 4.69) is 5.32 Å². The molecule has 1 fully saturated rings. The van der Waals surface area contributed by atoms with Crippen molar-refractivity contribution < 1.29 is 19.1 Å². The molecule has 2 rings (SSSR count). The number of likely N-dealkylation sites (tertiary alicyclic amines) is 1. The van der Waals surface area contributed by atoms with E-state index in [1.807, 2.05) is 45.0 Å². The lowest BCUT2D eigenvalue weighted by atomic mass is 9.97. The van der Waals surface area contributed by atoms with Crippen LogP contribution in [0, 0.1) is 12.8 Å². The van der Waals surface area contributed by atoms with Crippen LogP contribution in [0.4, 0.5) is 10.5 Å². The smallest absolute Gasteiger partial charge is 0.322 e. The Morgan fingerprint density at radius 3 is 2.47 bits per heavy atom. The minimum Gasteiger partial charge on any atom is -0.466 e. The number of carbonyl (C=O) groups is 3. The summed E-state index contributed by atoms with van der Waals surface area (Å²) in [6, 6.07) is 7.48. The van der Waals surface area contributed by atoms with E-state index in [4.69, 9.17) is 4.74 Å². The SMILES string of the molecule is CCOC(=O)C1CCN(C(=O)CCN(C(=O)Nc2ccccc2C)C(C)CC)CC1. The first-order valence-corrected chi connectivity index (χ1v) is 10.9. The second kappa shape index (κ2) is 11.6. The summed E-state index contributed by atoms with van der Waals surface area (Å²) in [5.41, 5.74) is 1.78. The first-order valence-electron chi connectivity index (χ1n) is 10.9. The summed E-state index contributed by atoms with van der Waals surface area (Å²) in [7, 11) is 0. The fraction of sp³-hybridized carbons (Fsp3) is 0.609. The molecule has 1 aromatic rings. The van der Waals surface area contributed by atoms with E-state index in [9.17, 15) is 14.4 Å². The van der Waals surface area contributed by atoms with E-state index >= 15 is 0 Å². The maximum absolute atomic E-state index is 12.9. The van der Waals surface area contributed by atoms with E-state index in [-0.39, 0.29) is 36.3 Å². The zero-order valence-electron chi connectivity index (χ0n) is 18.6. The predicted molar refractivity (Wildman–Crippen MR) is 117 cm³/mol. The van der Waals surface area contributed by atoms with Gasteiger partial charge < -0.3 is 19.9 Å². The molecule has 166 valence electrons. The molecule has 1 N–H and O–H groups in total. The molecule has 0 bridgehead atoms. The van der Waals surface area contributed by atoms with Crippen LogP contribution >= 0.6 is 0 Å². The van der Waals surface area contributed by atoms with Crippen LogP contribution in [0.3, 0.4) is 0 Å². The molecule has 1 aliphatic heterocycles. The van der Waals surface area contributed by atoms with Crippen LogP contribution in [0.1, 0.15) is 52.0 Å². The van der Waals surface area contributed by atoms with Crippen molar-refractivity contribution in [2.45, 2.75) is 59.4 Å². The molecule has 7 heteroatoms. The number of hydrogen-bond donors (Lipinski definition) is 1. The normalized spacial score (nSPS) is 15.4. The van der Waals surface area contributed by atoms with Crippen molar-refractivity contribution in [3.8, 4) is 0 Å². The molecular formula is C23H35N3O4. The number of aryl methyl sites for hydroxylation is 1. The number of urea groups is 1. The van der Waals surface area contributed by atoms with Crippen molar-refractivity contribution in [2.24, 2.45) is 5.92 Å². The number of para-hydroxylation sites is 1. The highest BCUT2D eigenvalue weighted by Crippen LogP contribution is 2.20. The number of anilines is 1. The first kappa shape index (κ1) is 23.7. The molecule has 3 amide bonds. The summed E-state index contributed by atoms with van der Waals surface area (Å²) >= 11 is 0. The molecule has 0 aliphatic carbocycles. The van der Waals surface area contributed by atoms with Crippen molar-refractivity contribution in [2.75, 3.05) is 31.6 Å². The van der Waals surface area contributed by atoms with Crippen LogP contribution in [0.15, 0.2) is 24.3 Å². The third kappa shape index (κ3) is 6.47. The van der Waals surface area contributed by atoms with E-state index in [1.165, 1.54) is 0 Å². The fourth-order valence-electron chi connectivity index (χ4n) is 3.64. The van der Waals surface area contributed by atoms with Gasteiger partial charge in [-0.15, -0.1) is 0 Å². The number of amides is 3. The van der Waals surface area contributed by atoms with Gasteiger partial charge in [-0.1, -0.05) is 25.1 Å². The van der Waals surface area contributed by atoms with Gasteiger partial charge in [-0.25, -0.2) is 4.79 Å². The zero-order chi connectivity index (χ0) is 22.1. The Labute approximate surface area is 179 Å². The van der Waals surface area contributed by atoms with Gasteiger partial charge in [-0.05, 0) is 51.7 Å². The lowest BCUT2D eigenvalue weighted by Crippen LogP contribution is -2.45. The molecule has 0 spiro atoms. The average Bonchev–Trinajstić information content (AvgIpc) is 2.75. The topological polar surface area (TPSA) is 79.0 Å². The third-order valence-electron chi connectivity index (χ3n) is 5.80. The molecule has 1 aliphatic rings. The number of benzene rings is 1. The Morgan fingerprint density at radius 2 is 1.87 bits per heavy atom. The molecule has 0 aromatic heterocycles. The van der Waals surface area contributed by atoms with Gasteiger partial charge in [0.2, 0.25) is 5.91 Å². The van der Waals surface area contributed by atoms with Crippen molar-refractivity contribution in [3.05, 3.63) is 29.8 Å². The number of piperidine rings is 1. The van der Waals surface area contributed by atoms with Crippen molar-refractivity contribution in [3.63, 3.8) is 0 Å². The first-order chi connectivity index (χ1) is 14.4. The Bertz CT molecular complexity index is 729. The predicted octanol–water partition coefficient (Wildman–Crippen LogP) is 3.82. The Kier molecular flexibility index (Phi) is 9.15. The number of rotatable bonds is 8. The number of hydrogen-bond acceptors (Lipinski definition) is 4. The summed E-state index contributed by atoms with van der Waals surface area (Å²) in [6.45, 7) is 9.63. The minimum absolute atomic E-state index is 0.0225. The number of nitrogens with zero attached hydrogens (tertiary/aromatic N) is 2. The second-order valence-corrected chi connectivity index (χ2v) is 7.85. The number of carbonyl (C=O) groups excluding carboxylic acids is 3. The fourth-order valence-corrected chi connectivity index (χ4v) is 3.64. The highest BCUT2D eigenvalue weighted by molar-refractivity contribution is 5.90. The summed E-state index contributed by atoms with van der Waals surface area (Å²) in [5.74, 6) is -0.264. The van der Waals surface area contributed by atoms with Crippen LogP contribution in [0.2, 0.25) is 0 Å². The number of esters is 1. The Hall–Kier alpha value is -2.57. The molecule has 0 radical (unpaired) electrons. The molecule has 0 saturated carbocycles. The lowest BCUT2D eigenvalue weighted by Gasteiger charge is -2.33. The van der Waals surface area contributed by atoms with Crippen LogP contribution in [-0.2, 0) is 14.3 Å². The average molecular weight is 418 g/mol.